The summed E-state index contributed by atoms with van der Waals surface area (Å²) >= 11 is 0. The van der Waals surface area contributed by atoms with Crippen LogP contribution in [0, 0.1) is 5.82 Å². The molecule has 1 aliphatic rings. The van der Waals surface area contributed by atoms with Crippen LogP contribution in [0.25, 0.3) is 11.3 Å². The SMILES string of the molecule is Fc1cccc(Oc2ccc(-c3ccn(CC4CCCN4)n3)cc2)c1. The highest BCUT2D eigenvalue weighted by atomic mass is 19.1. The molecule has 0 amide bonds. The second-order valence-corrected chi connectivity index (χ2v) is 6.30. The number of rotatable bonds is 5. The van der Waals surface area contributed by atoms with E-state index in [1.165, 1.54) is 25.0 Å². The second-order valence-electron chi connectivity index (χ2n) is 6.30. The predicted octanol–water partition coefficient (Wildman–Crippen LogP) is 4.23. The van der Waals surface area contributed by atoms with Gasteiger partial charge in [-0.2, -0.15) is 5.10 Å². The van der Waals surface area contributed by atoms with Crippen LogP contribution < -0.4 is 10.1 Å². The van der Waals surface area contributed by atoms with Crippen LogP contribution in [0.15, 0.2) is 60.8 Å². The molecule has 1 aromatic heterocycles. The zero-order valence-electron chi connectivity index (χ0n) is 13.9. The number of hydrogen-bond acceptors (Lipinski definition) is 3. The Balaban J connectivity index is 1.44. The smallest absolute Gasteiger partial charge is 0.130 e. The minimum absolute atomic E-state index is 0.309. The molecular weight excluding hydrogens is 317 g/mol. The van der Waals surface area contributed by atoms with Crippen molar-refractivity contribution in [3.05, 3.63) is 66.6 Å². The molecule has 4 rings (SSSR count). The molecule has 1 atom stereocenters. The molecule has 0 radical (unpaired) electrons. The van der Waals surface area contributed by atoms with Gasteiger partial charge in [-0.3, -0.25) is 4.68 Å². The number of nitrogens with zero attached hydrogens (tertiary/aromatic N) is 2. The molecule has 5 heteroatoms. The zero-order valence-corrected chi connectivity index (χ0v) is 13.9. The summed E-state index contributed by atoms with van der Waals surface area (Å²) in [6, 6.07) is 16.4. The van der Waals surface area contributed by atoms with Crippen LogP contribution in [0.5, 0.6) is 11.5 Å². The van der Waals surface area contributed by atoms with Crippen LogP contribution in [-0.4, -0.2) is 22.4 Å². The van der Waals surface area contributed by atoms with Crippen LogP contribution in [-0.2, 0) is 6.54 Å². The number of aromatic nitrogens is 2. The van der Waals surface area contributed by atoms with Gasteiger partial charge < -0.3 is 10.1 Å². The number of nitrogens with one attached hydrogen (secondary N) is 1. The van der Waals surface area contributed by atoms with Crippen LogP contribution >= 0.6 is 0 Å². The topological polar surface area (TPSA) is 39.1 Å². The van der Waals surface area contributed by atoms with Crippen LogP contribution in [0.3, 0.4) is 0 Å². The Bertz CT molecular complexity index is 838. The maximum Gasteiger partial charge on any atom is 0.130 e. The molecule has 25 heavy (non-hydrogen) atoms. The molecule has 1 fully saturated rings. The maximum absolute atomic E-state index is 13.2. The first kappa shape index (κ1) is 15.8. The van der Waals surface area contributed by atoms with Gasteiger partial charge in [0, 0.05) is 23.9 Å². The fourth-order valence-electron chi connectivity index (χ4n) is 3.12. The minimum Gasteiger partial charge on any atom is -0.457 e. The van der Waals surface area contributed by atoms with E-state index in [4.69, 9.17) is 4.74 Å². The van der Waals surface area contributed by atoms with Gasteiger partial charge in [0.2, 0.25) is 0 Å². The van der Waals surface area contributed by atoms with Crippen molar-refractivity contribution in [2.45, 2.75) is 25.4 Å². The van der Waals surface area contributed by atoms with E-state index in [2.05, 4.69) is 10.4 Å². The summed E-state index contributed by atoms with van der Waals surface area (Å²) in [5, 5.41) is 8.14. The van der Waals surface area contributed by atoms with Crippen molar-refractivity contribution in [3.63, 3.8) is 0 Å². The lowest BCUT2D eigenvalue weighted by molar-refractivity contribution is 0.476. The summed E-state index contributed by atoms with van der Waals surface area (Å²) in [6.45, 7) is 2.01. The van der Waals surface area contributed by atoms with Crippen LogP contribution in [0.2, 0.25) is 0 Å². The average Bonchev–Trinajstić information content (AvgIpc) is 3.28. The van der Waals surface area contributed by atoms with E-state index in [0.29, 0.717) is 17.5 Å². The molecule has 0 aliphatic carbocycles. The first-order valence-corrected chi connectivity index (χ1v) is 8.57. The molecule has 0 bridgehead atoms. The number of benzene rings is 2. The number of hydrogen-bond donors (Lipinski definition) is 1. The van der Waals surface area contributed by atoms with Crippen molar-refractivity contribution in [2.24, 2.45) is 0 Å². The zero-order chi connectivity index (χ0) is 17.1. The Morgan fingerprint density at radius 2 is 2.00 bits per heavy atom. The van der Waals surface area contributed by atoms with Gasteiger partial charge in [0.1, 0.15) is 17.3 Å². The lowest BCUT2D eigenvalue weighted by Gasteiger charge is -2.09. The van der Waals surface area contributed by atoms with E-state index >= 15 is 0 Å². The number of halogens is 1. The standard InChI is InChI=1S/C20H20FN3O/c21-16-3-1-5-19(13-16)25-18-8-6-15(7-9-18)20-10-12-24(23-20)14-17-4-2-11-22-17/h1,3,5-10,12-13,17,22H,2,4,11,14H2. The van der Waals surface area contributed by atoms with Crippen molar-refractivity contribution < 1.29 is 9.13 Å². The Hall–Kier alpha value is -2.66. The normalized spacial score (nSPS) is 16.9. The summed E-state index contributed by atoms with van der Waals surface area (Å²) in [4.78, 5) is 0. The summed E-state index contributed by atoms with van der Waals surface area (Å²) in [7, 11) is 0. The highest BCUT2D eigenvalue weighted by molar-refractivity contribution is 5.59. The van der Waals surface area contributed by atoms with Crippen molar-refractivity contribution in [2.75, 3.05) is 6.54 Å². The molecule has 1 saturated heterocycles. The van der Waals surface area contributed by atoms with Crippen molar-refractivity contribution in [1.82, 2.24) is 15.1 Å². The largest absolute Gasteiger partial charge is 0.457 e. The Morgan fingerprint density at radius 3 is 2.76 bits per heavy atom. The molecule has 0 saturated carbocycles. The van der Waals surface area contributed by atoms with Gasteiger partial charge in [-0.15, -0.1) is 0 Å². The Morgan fingerprint density at radius 1 is 1.12 bits per heavy atom. The second kappa shape index (κ2) is 7.07. The van der Waals surface area contributed by atoms with Crippen LogP contribution in [0.4, 0.5) is 4.39 Å². The summed E-state index contributed by atoms with van der Waals surface area (Å²) < 4.78 is 20.9. The Labute approximate surface area is 146 Å². The molecule has 1 aliphatic heterocycles. The highest BCUT2D eigenvalue weighted by Crippen LogP contribution is 2.25. The Kier molecular flexibility index (Phi) is 4.48. The fourth-order valence-corrected chi connectivity index (χ4v) is 3.12. The highest BCUT2D eigenvalue weighted by Gasteiger charge is 2.15. The molecular formula is C20H20FN3O. The lowest BCUT2D eigenvalue weighted by Crippen LogP contribution is -2.26. The molecule has 1 N–H and O–H groups in total. The third kappa shape index (κ3) is 3.88. The number of ether oxygens (including phenoxy) is 1. The third-order valence-corrected chi connectivity index (χ3v) is 4.39. The lowest BCUT2D eigenvalue weighted by atomic mass is 10.1. The summed E-state index contributed by atoms with van der Waals surface area (Å²) in [5.41, 5.74) is 1.97. The van der Waals surface area contributed by atoms with E-state index in [1.54, 1.807) is 12.1 Å². The quantitative estimate of drug-likeness (QED) is 0.757. The van der Waals surface area contributed by atoms with E-state index in [9.17, 15) is 4.39 Å². The molecule has 3 aromatic rings. The minimum atomic E-state index is -0.309. The van der Waals surface area contributed by atoms with Gasteiger partial charge in [-0.05, 0) is 61.9 Å². The summed E-state index contributed by atoms with van der Waals surface area (Å²) in [6.07, 6.45) is 4.47. The van der Waals surface area contributed by atoms with Gasteiger partial charge in [-0.25, -0.2) is 4.39 Å². The van der Waals surface area contributed by atoms with E-state index in [1.807, 2.05) is 41.2 Å². The van der Waals surface area contributed by atoms with Gasteiger partial charge in [0.25, 0.3) is 0 Å². The first-order valence-electron chi connectivity index (χ1n) is 8.57. The van der Waals surface area contributed by atoms with Gasteiger partial charge in [-0.1, -0.05) is 6.07 Å². The van der Waals surface area contributed by atoms with E-state index < -0.39 is 0 Å². The maximum atomic E-state index is 13.2. The van der Waals surface area contributed by atoms with E-state index in [0.717, 1.165) is 24.3 Å². The molecule has 1 unspecified atom stereocenters. The first-order chi connectivity index (χ1) is 12.3. The van der Waals surface area contributed by atoms with E-state index in [-0.39, 0.29) is 5.82 Å². The summed E-state index contributed by atoms with van der Waals surface area (Å²) in [5.74, 6) is 0.849. The van der Waals surface area contributed by atoms with Crippen molar-refractivity contribution >= 4 is 0 Å². The monoisotopic (exact) mass is 337 g/mol. The molecule has 2 aromatic carbocycles. The van der Waals surface area contributed by atoms with Crippen molar-refractivity contribution in [1.29, 1.82) is 0 Å². The van der Waals surface area contributed by atoms with Gasteiger partial charge >= 0.3 is 0 Å². The van der Waals surface area contributed by atoms with Crippen LogP contribution in [0.1, 0.15) is 12.8 Å². The molecule has 0 spiro atoms. The van der Waals surface area contributed by atoms with Gasteiger partial charge in [0.15, 0.2) is 0 Å². The molecule has 2 heterocycles. The fraction of sp³-hybridized carbons (Fsp3) is 0.250. The molecule has 128 valence electrons. The van der Waals surface area contributed by atoms with Gasteiger partial charge in [0.05, 0.1) is 12.2 Å². The molecule has 4 nitrogen and oxygen atoms in total. The van der Waals surface area contributed by atoms with Crippen molar-refractivity contribution in [3.8, 4) is 22.8 Å². The third-order valence-electron chi connectivity index (χ3n) is 4.39. The predicted molar refractivity (Wildman–Crippen MR) is 95.2 cm³/mol. The average molecular weight is 337 g/mol.